The van der Waals surface area contributed by atoms with Crippen LogP contribution in [0.3, 0.4) is 0 Å². The molecule has 0 aliphatic carbocycles. The number of rotatable bonds is 4. The summed E-state index contributed by atoms with van der Waals surface area (Å²) < 4.78 is 44.0. The lowest BCUT2D eigenvalue weighted by Gasteiger charge is -2.11. The Morgan fingerprint density at radius 1 is 1.37 bits per heavy atom. The predicted molar refractivity (Wildman–Crippen MR) is 68.1 cm³/mol. The molecule has 2 aromatic rings. The van der Waals surface area contributed by atoms with Gasteiger partial charge in [-0.05, 0) is 33.6 Å². The lowest BCUT2D eigenvalue weighted by atomic mass is 10.2. The molecule has 0 spiro atoms. The molecule has 1 heterocycles. The second kappa shape index (κ2) is 5.74. The maximum absolute atomic E-state index is 12.1. The lowest BCUT2D eigenvalue weighted by molar-refractivity contribution is -0.274. The Morgan fingerprint density at radius 3 is 2.74 bits per heavy atom. The number of anilines is 1. The molecule has 2 rings (SSSR count). The molecule has 0 bridgehead atoms. The van der Waals surface area contributed by atoms with E-state index in [1.807, 2.05) is 0 Å². The number of ether oxygens (including phenoxy) is 1. The zero-order valence-electron chi connectivity index (χ0n) is 9.24. The second-order valence-corrected chi connectivity index (χ2v) is 5.09. The average molecular weight is 354 g/mol. The smallest absolute Gasteiger partial charge is 0.405 e. The van der Waals surface area contributed by atoms with Crippen LogP contribution in [0.1, 0.15) is 5.56 Å². The summed E-state index contributed by atoms with van der Waals surface area (Å²) >= 11 is 4.24. The summed E-state index contributed by atoms with van der Waals surface area (Å²) in [4.78, 5) is 0. The Hall–Kier alpha value is -1.35. The highest BCUT2D eigenvalue weighted by molar-refractivity contribution is 9.10. The van der Waals surface area contributed by atoms with Gasteiger partial charge in [-0.2, -0.15) is 0 Å². The van der Waals surface area contributed by atoms with Crippen molar-refractivity contribution >= 4 is 32.5 Å². The second-order valence-electron chi connectivity index (χ2n) is 3.45. The van der Waals surface area contributed by atoms with Crippen LogP contribution in [0.15, 0.2) is 28.9 Å². The third-order valence-corrected chi connectivity index (χ3v) is 3.29. The van der Waals surface area contributed by atoms with Gasteiger partial charge in [0.25, 0.3) is 0 Å². The van der Waals surface area contributed by atoms with Crippen molar-refractivity contribution in [2.45, 2.75) is 12.9 Å². The Bertz CT molecular complexity index is 547. The molecule has 9 heteroatoms. The standard InChI is InChI=1S/C10H7BrF3N3OS/c11-7-3-6(4-15-9-5-16-17-19-9)1-2-8(7)18-10(12,13)14/h1-3,5,15H,4H2. The molecular weight excluding hydrogens is 347 g/mol. The molecule has 0 unspecified atom stereocenters. The van der Waals surface area contributed by atoms with E-state index in [0.717, 1.165) is 10.6 Å². The quantitative estimate of drug-likeness (QED) is 0.907. The predicted octanol–water partition coefficient (Wildman–Crippen LogP) is 3.81. The van der Waals surface area contributed by atoms with E-state index >= 15 is 0 Å². The van der Waals surface area contributed by atoms with E-state index in [9.17, 15) is 13.2 Å². The fourth-order valence-corrected chi connectivity index (χ4v) is 2.22. The van der Waals surface area contributed by atoms with Gasteiger partial charge in [0.05, 0.1) is 10.7 Å². The first-order valence-electron chi connectivity index (χ1n) is 4.99. The van der Waals surface area contributed by atoms with Crippen LogP contribution in [0, 0.1) is 0 Å². The zero-order chi connectivity index (χ0) is 13.9. The van der Waals surface area contributed by atoms with Gasteiger partial charge in [0, 0.05) is 18.1 Å². The topological polar surface area (TPSA) is 47.0 Å². The van der Waals surface area contributed by atoms with Crippen molar-refractivity contribution in [3.05, 3.63) is 34.4 Å². The number of benzene rings is 1. The first-order valence-corrected chi connectivity index (χ1v) is 6.56. The SMILES string of the molecule is FC(F)(F)Oc1ccc(CNc2cnns2)cc1Br. The van der Waals surface area contributed by atoms with Crippen molar-refractivity contribution in [2.24, 2.45) is 0 Å². The van der Waals surface area contributed by atoms with Gasteiger partial charge in [-0.1, -0.05) is 10.6 Å². The molecule has 102 valence electrons. The van der Waals surface area contributed by atoms with Crippen LogP contribution in [0.4, 0.5) is 18.2 Å². The van der Waals surface area contributed by atoms with Gasteiger partial charge >= 0.3 is 6.36 Å². The van der Waals surface area contributed by atoms with Crippen molar-refractivity contribution in [3.63, 3.8) is 0 Å². The molecule has 0 atom stereocenters. The molecule has 19 heavy (non-hydrogen) atoms. The van der Waals surface area contributed by atoms with E-state index in [-0.39, 0.29) is 10.2 Å². The zero-order valence-corrected chi connectivity index (χ0v) is 11.6. The Labute approximate surface area is 118 Å². The molecule has 0 aliphatic heterocycles. The fraction of sp³-hybridized carbons (Fsp3) is 0.200. The summed E-state index contributed by atoms with van der Waals surface area (Å²) in [5.41, 5.74) is 0.801. The number of hydrogen-bond donors (Lipinski definition) is 1. The number of hydrogen-bond acceptors (Lipinski definition) is 5. The van der Waals surface area contributed by atoms with E-state index in [1.54, 1.807) is 18.3 Å². The highest BCUT2D eigenvalue weighted by Crippen LogP contribution is 2.31. The molecule has 0 aliphatic rings. The monoisotopic (exact) mass is 353 g/mol. The van der Waals surface area contributed by atoms with Crippen LogP contribution in [0.25, 0.3) is 0 Å². The van der Waals surface area contributed by atoms with Crippen molar-refractivity contribution < 1.29 is 17.9 Å². The minimum Gasteiger partial charge on any atom is -0.405 e. The summed E-state index contributed by atoms with van der Waals surface area (Å²) in [6.45, 7) is 0.453. The van der Waals surface area contributed by atoms with Gasteiger partial charge in [-0.3, -0.25) is 0 Å². The molecule has 0 amide bonds. The van der Waals surface area contributed by atoms with Crippen LogP contribution < -0.4 is 10.1 Å². The van der Waals surface area contributed by atoms with Crippen molar-refractivity contribution in [3.8, 4) is 5.75 Å². The van der Waals surface area contributed by atoms with Gasteiger partial charge in [0.2, 0.25) is 0 Å². The molecule has 1 aromatic heterocycles. The molecule has 1 N–H and O–H groups in total. The molecule has 0 saturated carbocycles. The van der Waals surface area contributed by atoms with E-state index in [2.05, 4.69) is 35.6 Å². The van der Waals surface area contributed by atoms with Gasteiger partial charge in [0.1, 0.15) is 10.8 Å². The molecule has 0 fully saturated rings. The average Bonchev–Trinajstić information content (AvgIpc) is 2.81. The Balaban J connectivity index is 2.02. The Kier molecular flexibility index (Phi) is 4.25. The maximum Gasteiger partial charge on any atom is 0.573 e. The van der Waals surface area contributed by atoms with E-state index < -0.39 is 6.36 Å². The van der Waals surface area contributed by atoms with Crippen LogP contribution in [-0.4, -0.2) is 15.9 Å². The number of alkyl halides is 3. The maximum atomic E-state index is 12.1. The molecular formula is C10H7BrF3N3OS. The first kappa shape index (κ1) is 14.1. The van der Waals surface area contributed by atoms with Gasteiger partial charge in [-0.15, -0.1) is 18.3 Å². The van der Waals surface area contributed by atoms with Crippen LogP contribution >= 0.6 is 27.5 Å². The number of halogens is 4. The number of nitrogens with zero attached hydrogens (tertiary/aromatic N) is 2. The van der Waals surface area contributed by atoms with Gasteiger partial charge < -0.3 is 10.1 Å². The van der Waals surface area contributed by atoms with Crippen molar-refractivity contribution in [2.75, 3.05) is 5.32 Å². The number of nitrogens with one attached hydrogen (secondary N) is 1. The summed E-state index contributed by atoms with van der Waals surface area (Å²) in [6, 6.07) is 4.37. The molecule has 0 saturated heterocycles. The van der Waals surface area contributed by atoms with E-state index in [0.29, 0.717) is 6.54 Å². The minimum absolute atomic E-state index is 0.242. The van der Waals surface area contributed by atoms with Gasteiger partial charge in [0.15, 0.2) is 0 Å². The normalized spacial score (nSPS) is 11.4. The third-order valence-electron chi connectivity index (χ3n) is 2.05. The lowest BCUT2D eigenvalue weighted by Crippen LogP contribution is -2.17. The van der Waals surface area contributed by atoms with Crippen LogP contribution in [0.5, 0.6) is 5.75 Å². The first-order chi connectivity index (χ1) is 8.94. The highest BCUT2D eigenvalue weighted by atomic mass is 79.9. The number of aromatic nitrogens is 2. The van der Waals surface area contributed by atoms with E-state index in [4.69, 9.17) is 0 Å². The highest BCUT2D eigenvalue weighted by Gasteiger charge is 2.31. The summed E-state index contributed by atoms with van der Waals surface area (Å²) in [6.07, 6.45) is -3.13. The van der Waals surface area contributed by atoms with Crippen molar-refractivity contribution in [1.82, 2.24) is 9.59 Å². The largest absolute Gasteiger partial charge is 0.573 e. The third kappa shape index (κ3) is 4.35. The van der Waals surface area contributed by atoms with E-state index in [1.165, 1.54) is 17.6 Å². The fourth-order valence-electron chi connectivity index (χ4n) is 1.30. The summed E-state index contributed by atoms with van der Waals surface area (Å²) in [5, 5.41) is 7.49. The summed E-state index contributed by atoms with van der Waals surface area (Å²) in [5.74, 6) is -0.268. The molecule has 0 radical (unpaired) electrons. The van der Waals surface area contributed by atoms with Crippen LogP contribution in [0.2, 0.25) is 0 Å². The van der Waals surface area contributed by atoms with Crippen LogP contribution in [-0.2, 0) is 6.54 Å². The van der Waals surface area contributed by atoms with Gasteiger partial charge in [-0.25, -0.2) is 0 Å². The van der Waals surface area contributed by atoms with Crippen molar-refractivity contribution in [1.29, 1.82) is 0 Å². The molecule has 4 nitrogen and oxygen atoms in total. The summed E-state index contributed by atoms with van der Waals surface area (Å²) in [7, 11) is 0. The molecule has 1 aromatic carbocycles. The minimum atomic E-state index is -4.70. The Morgan fingerprint density at radius 2 is 2.16 bits per heavy atom.